The molecule has 0 saturated heterocycles. The summed E-state index contributed by atoms with van der Waals surface area (Å²) in [7, 11) is 0. The van der Waals surface area contributed by atoms with Gasteiger partial charge in [-0.05, 0) is 42.9 Å². The average Bonchev–Trinajstić information content (AvgIpc) is 2.51. The van der Waals surface area contributed by atoms with Crippen LogP contribution in [0.5, 0.6) is 0 Å². The van der Waals surface area contributed by atoms with Crippen molar-refractivity contribution in [1.82, 2.24) is 5.32 Å². The summed E-state index contributed by atoms with van der Waals surface area (Å²) in [5.41, 5.74) is 1.80. The van der Waals surface area contributed by atoms with E-state index in [1.165, 1.54) is 5.56 Å². The van der Waals surface area contributed by atoms with Gasteiger partial charge in [-0.3, -0.25) is 9.59 Å². The lowest BCUT2D eigenvalue weighted by atomic mass is 10.1. The molecule has 0 aromatic heterocycles. The van der Waals surface area contributed by atoms with Crippen molar-refractivity contribution in [1.29, 1.82) is 0 Å². The molecule has 0 radical (unpaired) electrons. The Balaban J connectivity index is 2.41. The third-order valence-electron chi connectivity index (χ3n) is 3.48. The van der Waals surface area contributed by atoms with Crippen LogP contribution in [0.25, 0.3) is 0 Å². The summed E-state index contributed by atoms with van der Waals surface area (Å²) in [5.74, 6) is -1.12. The second kappa shape index (κ2) is 10.0. The highest BCUT2D eigenvalue weighted by Gasteiger charge is 2.15. The number of hydrogen-bond donors (Lipinski definition) is 3. The molecule has 1 aromatic carbocycles. The number of nitrogens with one attached hydrogen (secondary N) is 2. The summed E-state index contributed by atoms with van der Waals surface area (Å²) in [4.78, 5) is 23.5. The summed E-state index contributed by atoms with van der Waals surface area (Å²) >= 11 is 0. The van der Waals surface area contributed by atoms with Crippen LogP contribution in [0, 0.1) is 5.92 Å². The van der Waals surface area contributed by atoms with E-state index in [1.54, 1.807) is 12.1 Å². The van der Waals surface area contributed by atoms with Gasteiger partial charge in [0, 0.05) is 12.2 Å². The Labute approximate surface area is 138 Å². The number of amides is 2. The largest absolute Gasteiger partial charge is 0.391 e. The van der Waals surface area contributed by atoms with E-state index >= 15 is 0 Å². The van der Waals surface area contributed by atoms with Crippen molar-refractivity contribution >= 4 is 17.5 Å². The van der Waals surface area contributed by atoms with E-state index in [9.17, 15) is 14.7 Å². The number of rotatable bonds is 8. The number of unbranched alkanes of at least 4 members (excludes halogenated alkanes) is 1. The van der Waals surface area contributed by atoms with Gasteiger partial charge in [0.05, 0.1) is 6.10 Å². The number of aliphatic hydroxyl groups excluding tert-OH is 1. The molecule has 0 aliphatic rings. The zero-order valence-electron chi connectivity index (χ0n) is 14.3. The third kappa shape index (κ3) is 7.79. The fourth-order valence-corrected chi connectivity index (χ4v) is 2.24. The molecule has 1 aromatic rings. The lowest BCUT2D eigenvalue weighted by Crippen LogP contribution is -2.39. The molecule has 1 rings (SSSR count). The average molecular weight is 320 g/mol. The van der Waals surface area contributed by atoms with Crippen molar-refractivity contribution in [2.24, 2.45) is 5.92 Å². The van der Waals surface area contributed by atoms with Crippen LogP contribution < -0.4 is 10.6 Å². The van der Waals surface area contributed by atoms with Crippen LogP contribution in [0.2, 0.25) is 0 Å². The second-order valence-electron chi connectivity index (χ2n) is 6.25. The van der Waals surface area contributed by atoms with Crippen molar-refractivity contribution in [2.45, 2.75) is 52.6 Å². The van der Waals surface area contributed by atoms with Gasteiger partial charge in [0.25, 0.3) is 0 Å². The fourth-order valence-electron chi connectivity index (χ4n) is 2.24. The SMILES string of the molecule is CCCCc1ccc(NC(=O)C(=O)NCC(O)CC(C)C)cc1. The monoisotopic (exact) mass is 320 g/mol. The van der Waals surface area contributed by atoms with Gasteiger partial charge >= 0.3 is 11.8 Å². The molecule has 0 bridgehead atoms. The Morgan fingerprint density at radius 2 is 1.78 bits per heavy atom. The maximum absolute atomic E-state index is 11.8. The predicted octanol–water partition coefficient (Wildman–Crippen LogP) is 2.49. The Morgan fingerprint density at radius 1 is 1.13 bits per heavy atom. The van der Waals surface area contributed by atoms with Crippen molar-refractivity contribution < 1.29 is 14.7 Å². The van der Waals surface area contributed by atoms with E-state index in [-0.39, 0.29) is 6.54 Å². The van der Waals surface area contributed by atoms with Gasteiger partial charge in [0.1, 0.15) is 0 Å². The van der Waals surface area contributed by atoms with Crippen LogP contribution in [-0.2, 0) is 16.0 Å². The fraction of sp³-hybridized carbons (Fsp3) is 0.556. The standard InChI is InChI=1S/C18H28N2O3/c1-4-5-6-14-7-9-15(10-8-14)20-18(23)17(22)19-12-16(21)11-13(2)3/h7-10,13,16,21H,4-6,11-12H2,1-3H3,(H,19,22)(H,20,23). The van der Waals surface area contributed by atoms with Gasteiger partial charge in [0.2, 0.25) is 0 Å². The quantitative estimate of drug-likeness (QED) is 0.644. The van der Waals surface area contributed by atoms with Gasteiger partial charge in [-0.15, -0.1) is 0 Å². The molecule has 0 aliphatic carbocycles. The van der Waals surface area contributed by atoms with Crippen LogP contribution in [0.4, 0.5) is 5.69 Å². The van der Waals surface area contributed by atoms with Crippen LogP contribution >= 0.6 is 0 Å². The zero-order chi connectivity index (χ0) is 17.2. The van der Waals surface area contributed by atoms with Gasteiger partial charge < -0.3 is 15.7 Å². The molecule has 23 heavy (non-hydrogen) atoms. The number of hydrogen-bond acceptors (Lipinski definition) is 3. The van der Waals surface area contributed by atoms with E-state index in [0.29, 0.717) is 18.0 Å². The summed E-state index contributed by atoms with van der Waals surface area (Å²) in [6, 6.07) is 7.50. The Morgan fingerprint density at radius 3 is 2.35 bits per heavy atom. The topological polar surface area (TPSA) is 78.4 Å². The first-order valence-corrected chi connectivity index (χ1v) is 8.28. The molecule has 128 valence electrons. The van der Waals surface area contributed by atoms with Crippen LogP contribution in [0.15, 0.2) is 24.3 Å². The Bertz CT molecular complexity index is 497. The van der Waals surface area contributed by atoms with Crippen molar-refractivity contribution in [3.05, 3.63) is 29.8 Å². The molecule has 5 nitrogen and oxygen atoms in total. The molecule has 1 atom stereocenters. The van der Waals surface area contributed by atoms with E-state index in [4.69, 9.17) is 0 Å². The number of aryl methyl sites for hydroxylation is 1. The lowest BCUT2D eigenvalue weighted by Gasteiger charge is -2.13. The number of benzene rings is 1. The number of carbonyl (C=O) groups excluding carboxylic acids is 2. The second-order valence-corrected chi connectivity index (χ2v) is 6.25. The Hall–Kier alpha value is -1.88. The highest BCUT2D eigenvalue weighted by molar-refractivity contribution is 6.39. The minimum Gasteiger partial charge on any atom is -0.391 e. The molecular weight excluding hydrogens is 292 g/mol. The predicted molar refractivity (Wildman–Crippen MR) is 92.2 cm³/mol. The van der Waals surface area contributed by atoms with Crippen LogP contribution in [0.1, 0.15) is 45.6 Å². The molecule has 0 fully saturated rings. The number of anilines is 1. The van der Waals surface area contributed by atoms with E-state index in [0.717, 1.165) is 19.3 Å². The summed E-state index contributed by atoms with van der Waals surface area (Å²) < 4.78 is 0. The molecule has 0 aliphatic heterocycles. The lowest BCUT2D eigenvalue weighted by molar-refractivity contribution is -0.136. The molecule has 5 heteroatoms. The first-order valence-electron chi connectivity index (χ1n) is 8.28. The minimum atomic E-state index is -0.733. The number of aliphatic hydroxyl groups is 1. The van der Waals surface area contributed by atoms with Crippen LogP contribution in [0.3, 0.4) is 0 Å². The highest BCUT2D eigenvalue weighted by atomic mass is 16.3. The summed E-state index contributed by atoms with van der Waals surface area (Å²) in [6.07, 6.45) is 3.23. The van der Waals surface area contributed by atoms with E-state index in [2.05, 4.69) is 17.6 Å². The third-order valence-corrected chi connectivity index (χ3v) is 3.48. The van der Waals surface area contributed by atoms with Crippen molar-refractivity contribution in [2.75, 3.05) is 11.9 Å². The molecule has 1 unspecified atom stereocenters. The molecule has 0 heterocycles. The first kappa shape index (κ1) is 19.2. The van der Waals surface area contributed by atoms with Crippen molar-refractivity contribution in [3.8, 4) is 0 Å². The molecule has 3 N–H and O–H groups in total. The maximum atomic E-state index is 11.8. The van der Waals surface area contributed by atoms with Crippen molar-refractivity contribution in [3.63, 3.8) is 0 Å². The van der Waals surface area contributed by atoms with E-state index < -0.39 is 17.9 Å². The zero-order valence-corrected chi connectivity index (χ0v) is 14.3. The molecule has 2 amide bonds. The summed E-state index contributed by atoms with van der Waals surface area (Å²) in [6.45, 7) is 6.20. The normalized spacial score (nSPS) is 12.0. The highest BCUT2D eigenvalue weighted by Crippen LogP contribution is 2.11. The minimum absolute atomic E-state index is 0.0837. The van der Waals surface area contributed by atoms with Crippen LogP contribution in [-0.4, -0.2) is 29.6 Å². The van der Waals surface area contributed by atoms with Gasteiger partial charge in [-0.2, -0.15) is 0 Å². The van der Waals surface area contributed by atoms with Gasteiger partial charge in [0.15, 0.2) is 0 Å². The van der Waals surface area contributed by atoms with Gasteiger partial charge in [-0.1, -0.05) is 39.3 Å². The maximum Gasteiger partial charge on any atom is 0.313 e. The molecule has 0 spiro atoms. The van der Waals surface area contributed by atoms with Gasteiger partial charge in [-0.25, -0.2) is 0 Å². The number of carbonyl (C=O) groups is 2. The molecular formula is C18H28N2O3. The van der Waals surface area contributed by atoms with E-state index in [1.807, 2.05) is 26.0 Å². The Kier molecular flexibility index (Phi) is 8.33. The smallest absolute Gasteiger partial charge is 0.313 e. The molecule has 0 saturated carbocycles. The first-order chi connectivity index (χ1) is 10.9. The summed E-state index contributed by atoms with van der Waals surface area (Å²) in [5, 5.41) is 14.7.